The monoisotopic (exact) mass is 511 g/mol. The molecular formula is C26H20F3N3O5. The molecule has 6 rings (SSSR count). The summed E-state index contributed by atoms with van der Waals surface area (Å²) in [6.07, 6.45) is -2.35. The number of carbonyl (C=O) groups excluding carboxylic acids is 1. The molecule has 1 unspecified atom stereocenters. The third-order valence-electron chi connectivity index (χ3n) is 7.81. The van der Waals surface area contributed by atoms with Crippen LogP contribution in [-0.4, -0.2) is 33.2 Å². The molecule has 0 radical (unpaired) electrons. The molecule has 0 bridgehead atoms. The summed E-state index contributed by atoms with van der Waals surface area (Å²) in [5.74, 6) is -1.62. The van der Waals surface area contributed by atoms with E-state index in [-0.39, 0.29) is 35.6 Å². The van der Waals surface area contributed by atoms with Gasteiger partial charge in [-0.1, -0.05) is 12.1 Å². The van der Waals surface area contributed by atoms with Crippen LogP contribution in [0.4, 0.5) is 18.9 Å². The molecule has 1 fully saturated rings. The van der Waals surface area contributed by atoms with E-state index in [1.165, 1.54) is 12.1 Å². The van der Waals surface area contributed by atoms with Gasteiger partial charge in [0.25, 0.3) is 5.56 Å². The molecule has 1 N–H and O–H groups in total. The molecule has 3 aliphatic rings. The summed E-state index contributed by atoms with van der Waals surface area (Å²) in [4.78, 5) is 53.1. The van der Waals surface area contributed by atoms with Crippen LogP contribution in [0.15, 0.2) is 52.2 Å². The quantitative estimate of drug-likeness (QED) is 0.582. The van der Waals surface area contributed by atoms with Gasteiger partial charge in [-0.15, -0.1) is 0 Å². The Morgan fingerprint density at radius 3 is 2.49 bits per heavy atom. The second-order valence-corrected chi connectivity index (χ2v) is 9.75. The Morgan fingerprint density at radius 2 is 1.84 bits per heavy atom. The highest BCUT2D eigenvalue weighted by Crippen LogP contribution is 2.57. The van der Waals surface area contributed by atoms with Gasteiger partial charge in [0.05, 0.1) is 22.7 Å². The van der Waals surface area contributed by atoms with E-state index >= 15 is 0 Å². The Morgan fingerprint density at radius 1 is 1.11 bits per heavy atom. The average molecular weight is 511 g/mol. The van der Waals surface area contributed by atoms with Gasteiger partial charge in [-0.05, 0) is 66.6 Å². The van der Waals surface area contributed by atoms with E-state index in [1.54, 1.807) is 30.1 Å². The number of hydrogen-bond acceptors (Lipinski definition) is 4. The zero-order chi connectivity index (χ0) is 26.4. The molecule has 1 aliphatic heterocycles. The van der Waals surface area contributed by atoms with Gasteiger partial charge in [0.15, 0.2) is 0 Å². The third-order valence-corrected chi connectivity index (χ3v) is 7.81. The zero-order valence-corrected chi connectivity index (χ0v) is 19.5. The van der Waals surface area contributed by atoms with E-state index in [0.717, 1.165) is 27.0 Å². The summed E-state index contributed by atoms with van der Waals surface area (Å²) in [5, 5.41) is 9.73. The summed E-state index contributed by atoms with van der Waals surface area (Å²) in [7, 11) is 1.66. The number of hydrogen-bond donors (Lipinski definition) is 1. The first-order chi connectivity index (χ1) is 17.5. The lowest BCUT2D eigenvalue weighted by Crippen LogP contribution is -2.43. The second kappa shape index (κ2) is 7.44. The minimum Gasteiger partial charge on any atom is -0.477 e. The van der Waals surface area contributed by atoms with Crippen LogP contribution in [0.25, 0.3) is 5.69 Å². The number of rotatable bonds is 3. The van der Waals surface area contributed by atoms with Gasteiger partial charge in [-0.2, -0.15) is 13.2 Å². The van der Waals surface area contributed by atoms with Crippen LogP contribution < -0.4 is 16.1 Å². The van der Waals surface area contributed by atoms with Crippen molar-refractivity contribution in [3.8, 4) is 5.69 Å². The second-order valence-electron chi connectivity index (χ2n) is 9.75. The molecule has 2 heterocycles. The van der Waals surface area contributed by atoms with Gasteiger partial charge in [0.2, 0.25) is 5.91 Å². The number of carbonyl (C=O) groups is 2. The van der Waals surface area contributed by atoms with E-state index in [2.05, 4.69) is 0 Å². The van der Waals surface area contributed by atoms with E-state index in [1.807, 2.05) is 0 Å². The molecule has 37 heavy (non-hydrogen) atoms. The molecule has 11 heteroatoms. The molecule has 2 aromatic carbocycles. The largest absolute Gasteiger partial charge is 0.477 e. The van der Waals surface area contributed by atoms with Crippen molar-refractivity contribution in [3.63, 3.8) is 0 Å². The topological polar surface area (TPSA) is 102 Å². The molecule has 0 saturated heterocycles. The Labute approximate surface area is 207 Å². The molecule has 1 spiro atoms. The van der Waals surface area contributed by atoms with Crippen LogP contribution in [-0.2, 0) is 22.8 Å². The Kier molecular flexibility index (Phi) is 4.67. The van der Waals surface area contributed by atoms with Crippen LogP contribution in [0.1, 0.15) is 57.9 Å². The molecule has 2 aliphatic carbocycles. The normalized spacial score (nSPS) is 19.3. The van der Waals surface area contributed by atoms with Gasteiger partial charge in [0, 0.05) is 18.9 Å². The summed E-state index contributed by atoms with van der Waals surface area (Å²) in [5.41, 5.74) is -2.30. The van der Waals surface area contributed by atoms with Crippen LogP contribution in [0, 0.1) is 0 Å². The maximum atomic E-state index is 13.7. The Hall–Kier alpha value is -4.15. The first kappa shape index (κ1) is 23.3. The molecular weight excluding hydrogens is 491 g/mol. The smallest absolute Gasteiger partial charge is 0.416 e. The molecule has 1 saturated carbocycles. The van der Waals surface area contributed by atoms with Gasteiger partial charge >= 0.3 is 17.8 Å². The summed E-state index contributed by atoms with van der Waals surface area (Å²) < 4.78 is 42.5. The number of anilines is 1. The molecule has 190 valence electrons. The van der Waals surface area contributed by atoms with Gasteiger partial charge in [-0.25, -0.2) is 9.59 Å². The van der Waals surface area contributed by atoms with Gasteiger partial charge < -0.3 is 10.0 Å². The SMILES string of the molecule is CN1C(=O)C2(CC2)c2cc(-n3cc(C(=O)O)c(=O)n(C4CCc5c4cccc5C(F)(F)F)c3=O)ccc21. The molecule has 8 nitrogen and oxygen atoms in total. The lowest BCUT2D eigenvalue weighted by molar-refractivity contribution is -0.138. The van der Waals surface area contributed by atoms with Gasteiger partial charge in [0.1, 0.15) is 5.56 Å². The average Bonchev–Trinajstić information content (AvgIpc) is 3.51. The van der Waals surface area contributed by atoms with Crippen molar-refractivity contribution in [1.29, 1.82) is 0 Å². The molecule has 1 amide bonds. The number of carboxylic acid groups (broad SMARTS) is 1. The number of carboxylic acids is 1. The maximum Gasteiger partial charge on any atom is 0.416 e. The Balaban J connectivity index is 1.56. The highest BCUT2D eigenvalue weighted by Gasteiger charge is 2.58. The first-order valence-corrected chi connectivity index (χ1v) is 11.7. The highest BCUT2D eigenvalue weighted by molar-refractivity contribution is 6.10. The summed E-state index contributed by atoms with van der Waals surface area (Å²) in [6.45, 7) is 0. The van der Waals surface area contributed by atoms with Crippen molar-refractivity contribution in [1.82, 2.24) is 9.13 Å². The minimum absolute atomic E-state index is 0.00617. The number of alkyl halides is 3. The number of amides is 1. The number of likely N-dealkylation sites (N-methyl/N-ethyl adjacent to an activating group) is 1. The van der Waals surface area contributed by atoms with Crippen LogP contribution in [0.3, 0.4) is 0 Å². The fourth-order valence-corrected chi connectivity index (χ4v) is 5.85. The standard InChI is InChI=1S/C26H20F3N3O5/c1-30-20-7-5-13(11-18(20)25(9-10-25)23(30)36)31-12-16(22(34)35)21(33)32(24(31)37)19-8-6-14-15(19)3-2-4-17(14)26(27,28)29/h2-5,7,11-12,19H,6,8-10H2,1H3,(H,34,35). The molecule has 1 aromatic heterocycles. The predicted octanol–water partition coefficient (Wildman–Crippen LogP) is 3.26. The fraction of sp³-hybridized carbons (Fsp3) is 0.308. The number of fused-ring (bicyclic) bond motifs is 3. The zero-order valence-electron chi connectivity index (χ0n) is 19.5. The predicted molar refractivity (Wildman–Crippen MR) is 125 cm³/mol. The van der Waals surface area contributed by atoms with Crippen molar-refractivity contribution in [2.24, 2.45) is 0 Å². The van der Waals surface area contributed by atoms with E-state index < -0.39 is 46.0 Å². The van der Waals surface area contributed by atoms with E-state index in [9.17, 15) is 37.5 Å². The van der Waals surface area contributed by atoms with Crippen LogP contribution in [0.5, 0.6) is 0 Å². The number of halogens is 3. The number of nitrogens with zero attached hydrogens (tertiary/aromatic N) is 3. The van der Waals surface area contributed by atoms with Crippen molar-refractivity contribution >= 4 is 17.6 Å². The number of benzene rings is 2. The van der Waals surface area contributed by atoms with Crippen molar-refractivity contribution in [2.75, 3.05) is 11.9 Å². The van der Waals surface area contributed by atoms with Crippen molar-refractivity contribution in [3.05, 3.63) is 91.3 Å². The first-order valence-electron chi connectivity index (χ1n) is 11.7. The molecule has 1 atom stereocenters. The van der Waals surface area contributed by atoms with Crippen molar-refractivity contribution < 1.29 is 27.9 Å². The van der Waals surface area contributed by atoms with Gasteiger partial charge in [-0.3, -0.25) is 18.7 Å². The third kappa shape index (κ3) is 3.15. The highest BCUT2D eigenvalue weighted by atomic mass is 19.4. The number of aromatic carboxylic acids is 1. The molecule has 3 aromatic rings. The lowest BCUT2D eigenvalue weighted by Gasteiger charge is -2.19. The van der Waals surface area contributed by atoms with E-state index in [0.29, 0.717) is 18.5 Å². The lowest BCUT2D eigenvalue weighted by atomic mass is 9.97. The minimum atomic E-state index is -4.61. The summed E-state index contributed by atoms with van der Waals surface area (Å²) in [6, 6.07) is 7.41. The fourth-order valence-electron chi connectivity index (χ4n) is 5.85. The Bertz CT molecular complexity index is 1650. The van der Waals surface area contributed by atoms with Crippen LogP contribution in [0.2, 0.25) is 0 Å². The maximum absolute atomic E-state index is 13.7. The summed E-state index contributed by atoms with van der Waals surface area (Å²) >= 11 is 0. The van der Waals surface area contributed by atoms with Crippen molar-refractivity contribution in [2.45, 2.75) is 43.3 Å². The van der Waals surface area contributed by atoms with E-state index in [4.69, 9.17) is 0 Å². The number of aromatic nitrogens is 2. The van der Waals surface area contributed by atoms with Crippen LogP contribution >= 0.6 is 0 Å².